The molecule has 0 radical (unpaired) electrons. The van der Waals surface area contributed by atoms with E-state index in [-0.39, 0.29) is 0 Å². The van der Waals surface area contributed by atoms with Crippen molar-refractivity contribution in [2.75, 3.05) is 0 Å². The third-order valence-electron chi connectivity index (χ3n) is 5.38. The van der Waals surface area contributed by atoms with Crippen LogP contribution in [0.1, 0.15) is 47.0 Å². The van der Waals surface area contributed by atoms with Gasteiger partial charge in [-0.15, -0.1) is 0 Å². The first-order chi connectivity index (χ1) is 9.84. The van der Waals surface area contributed by atoms with Crippen molar-refractivity contribution in [1.82, 2.24) is 0 Å². The second-order valence-electron chi connectivity index (χ2n) is 9.94. The summed E-state index contributed by atoms with van der Waals surface area (Å²) in [5.74, 6) is 2.30. The van der Waals surface area contributed by atoms with E-state index in [2.05, 4.69) is 62.2 Å². The molecule has 1 nitrogen and oxygen atoms in total. The molecule has 0 amide bonds. The van der Waals surface area contributed by atoms with Gasteiger partial charge in [0.2, 0.25) is 0 Å². The van der Waals surface area contributed by atoms with Crippen LogP contribution in [0.25, 0.3) is 0 Å². The summed E-state index contributed by atoms with van der Waals surface area (Å²) in [7, 11) is -1.28. The van der Waals surface area contributed by atoms with Crippen LogP contribution in [-0.2, 0) is 4.74 Å². The van der Waals surface area contributed by atoms with Crippen molar-refractivity contribution in [2.24, 2.45) is 17.8 Å². The molecule has 0 heterocycles. The van der Waals surface area contributed by atoms with E-state index >= 15 is 0 Å². The summed E-state index contributed by atoms with van der Waals surface area (Å²) in [5, 5.41) is 1.64. The Morgan fingerprint density at radius 3 is 2.05 bits per heavy atom. The fourth-order valence-electron chi connectivity index (χ4n) is 3.57. The van der Waals surface area contributed by atoms with Gasteiger partial charge in [-0.2, -0.15) is 0 Å². The third-order valence-corrected chi connectivity index (χ3v) is 13.9. The summed E-state index contributed by atoms with van der Waals surface area (Å²) in [4.78, 5) is 7.55. The molecule has 3 atom stereocenters. The number of hydrogen-bond acceptors (Lipinski definition) is 1. The van der Waals surface area contributed by atoms with E-state index in [1.54, 1.807) is 5.20 Å². The fraction of sp³-hybridized carbons (Fsp3) is 0.895. The van der Waals surface area contributed by atoms with Crippen LogP contribution in [0.2, 0.25) is 34.5 Å². The van der Waals surface area contributed by atoms with Crippen LogP contribution in [0.3, 0.4) is 0 Å². The first kappa shape index (κ1) is 20.6. The zero-order valence-corrected chi connectivity index (χ0v) is 20.7. The maximum atomic E-state index is 6.90. The van der Waals surface area contributed by atoms with Gasteiger partial charge in [0, 0.05) is 0 Å². The van der Waals surface area contributed by atoms with E-state index in [1.165, 1.54) is 23.0 Å². The molecule has 1 aliphatic carbocycles. The van der Waals surface area contributed by atoms with Crippen LogP contribution in [-0.4, -0.2) is 32.6 Å². The average Bonchev–Trinajstić information content (AvgIpc) is 2.32. The van der Waals surface area contributed by atoms with Crippen molar-refractivity contribution in [3.05, 3.63) is 8.97 Å². The van der Waals surface area contributed by atoms with Gasteiger partial charge in [-0.3, -0.25) is 0 Å². The normalized spacial score (nSPS) is 28.6. The van der Waals surface area contributed by atoms with Gasteiger partial charge in [-0.25, -0.2) is 0 Å². The second kappa shape index (κ2) is 7.63. The molecular formula is C19H40OSiSn. The van der Waals surface area contributed by atoms with E-state index < -0.39 is 26.5 Å². The molecule has 3 heteroatoms. The van der Waals surface area contributed by atoms with Crippen LogP contribution < -0.4 is 0 Å². The predicted molar refractivity (Wildman–Crippen MR) is 106 cm³/mol. The summed E-state index contributed by atoms with van der Waals surface area (Å²) < 4.78 is 8.39. The molecular weight excluding hydrogens is 391 g/mol. The van der Waals surface area contributed by atoms with Crippen molar-refractivity contribution >= 4 is 26.5 Å². The zero-order valence-electron chi connectivity index (χ0n) is 16.8. The van der Waals surface area contributed by atoms with E-state index in [0.29, 0.717) is 6.10 Å². The third kappa shape index (κ3) is 5.57. The molecule has 130 valence electrons. The van der Waals surface area contributed by atoms with Gasteiger partial charge in [-0.05, 0) is 0 Å². The molecule has 0 aromatic rings. The second-order valence-corrected chi connectivity index (χ2v) is 29.3. The zero-order chi connectivity index (χ0) is 17.3. The van der Waals surface area contributed by atoms with E-state index in [1.807, 2.05) is 0 Å². The van der Waals surface area contributed by atoms with Gasteiger partial charge >= 0.3 is 145 Å². The monoisotopic (exact) mass is 432 g/mol. The summed E-state index contributed by atoms with van der Waals surface area (Å²) in [6.07, 6.45) is 4.45. The Hall–Kier alpha value is 0.556. The van der Waals surface area contributed by atoms with E-state index in [4.69, 9.17) is 4.74 Å². The summed E-state index contributed by atoms with van der Waals surface area (Å²) in [5.41, 5.74) is 0. The molecule has 1 aliphatic rings. The Labute approximate surface area is 145 Å². The predicted octanol–water partition coefficient (Wildman–Crippen LogP) is 6.49. The Morgan fingerprint density at radius 2 is 1.64 bits per heavy atom. The summed E-state index contributed by atoms with van der Waals surface area (Å²) in [6.45, 7) is 16.9. The van der Waals surface area contributed by atoms with Crippen molar-refractivity contribution in [3.63, 3.8) is 0 Å². The van der Waals surface area contributed by atoms with E-state index in [0.717, 1.165) is 17.8 Å². The van der Waals surface area contributed by atoms with Crippen LogP contribution in [0, 0.1) is 17.8 Å². The molecule has 0 aromatic carbocycles. The number of rotatable bonds is 5. The molecule has 0 aliphatic heterocycles. The van der Waals surface area contributed by atoms with Crippen molar-refractivity contribution in [3.8, 4) is 0 Å². The van der Waals surface area contributed by atoms with Crippen LogP contribution in [0.15, 0.2) is 8.97 Å². The van der Waals surface area contributed by atoms with Crippen LogP contribution in [0.5, 0.6) is 0 Å². The Bertz CT molecular complexity index is 401. The number of ether oxygens (including phenoxy) is 1. The molecule has 22 heavy (non-hydrogen) atoms. The van der Waals surface area contributed by atoms with Crippen molar-refractivity contribution in [1.29, 1.82) is 0 Å². The Kier molecular flexibility index (Phi) is 7.14. The van der Waals surface area contributed by atoms with Crippen molar-refractivity contribution in [2.45, 2.75) is 87.5 Å². The summed E-state index contributed by atoms with van der Waals surface area (Å²) >= 11 is -2.23. The molecule has 0 spiro atoms. The molecule has 1 saturated carbocycles. The molecule has 0 saturated heterocycles. The topological polar surface area (TPSA) is 9.23 Å². The fourth-order valence-corrected chi connectivity index (χ4v) is 14.7. The molecule has 0 aromatic heterocycles. The first-order valence-electron chi connectivity index (χ1n) is 9.22. The SMILES string of the molecule is C/C(=[C](\O[C@@H]1C[C@H](C)CC[C@H]1C(C)C)[Sn]([CH3])([CH3])[CH3])[Si](C)(C)C. The van der Waals surface area contributed by atoms with Crippen LogP contribution >= 0.6 is 0 Å². The number of allylic oxidation sites excluding steroid dienone is 1. The first-order valence-corrected chi connectivity index (χ1v) is 22.7. The van der Waals surface area contributed by atoms with Gasteiger partial charge in [0.25, 0.3) is 0 Å². The van der Waals surface area contributed by atoms with Gasteiger partial charge in [0.05, 0.1) is 0 Å². The molecule has 1 fully saturated rings. The van der Waals surface area contributed by atoms with Gasteiger partial charge in [0.1, 0.15) is 0 Å². The summed E-state index contributed by atoms with van der Waals surface area (Å²) in [6, 6.07) is 0. The van der Waals surface area contributed by atoms with Crippen molar-refractivity contribution < 1.29 is 4.74 Å². The van der Waals surface area contributed by atoms with Gasteiger partial charge < -0.3 is 0 Å². The standard InChI is InChI=1S/C16H31OSi.3CH3.Sn/c1-12(2)15-9-8-13(3)10-16(15)17-11-14(4)18(5,6)7;;;;/h12-13,15-16H,8-10H2,1-7H3;3*1H3;/t13-,15+,16-;;;;/m1..../s1. The molecule has 1 rings (SSSR count). The van der Waals surface area contributed by atoms with Crippen LogP contribution in [0.4, 0.5) is 0 Å². The molecule has 0 N–H and O–H groups in total. The minimum atomic E-state index is -2.23. The minimum absolute atomic E-state index is 0.459. The quantitative estimate of drug-likeness (QED) is 0.357. The Morgan fingerprint density at radius 1 is 1.09 bits per heavy atom. The van der Waals surface area contributed by atoms with Gasteiger partial charge in [-0.1, -0.05) is 0 Å². The Balaban J connectivity index is 3.12. The van der Waals surface area contributed by atoms with Gasteiger partial charge in [0.15, 0.2) is 0 Å². The number of hydrogen-bond donors (Lipinski definition) is 0. The average molecular weight is 431 g/mol. The maximum absolute atomic E-state index is 6.90. The van der Waals surface area contributed by atoms with E-state index in [9.17, 15) is 0 Å². The molecule has 0 unspecified atom stereocenters. The molecule has 0 bridgehead atoms.